The van der Waals surface area contributed by atoms with Gasteiger partial charge >= 0.3 is 5.97 Å². The molecule has 19 heavy (non-hydrogen) atoms. The van der Waals surface area contributed by atoms with Crippen LogP contribution in [0.4, 0.5) is 0 Å². The third kappa shape index (κ3) is 5.23. The standard InChI is InChI=1S/C12H11ClO5S/c1-18-12(15)8-19(16,17)7-6-11(14)9-2-4-10(13)5-3-9/h2-7H,8H2,1H3. The van der Waals surface area contributed by atoms with Crippen molar-refractivity contribution in [3.8, 4) is 0 Å². The average molecular weight is 303 g/mol. The fraction of sp³-hybridized carbons (Fsp3) is 0.167. The molecule has 0 radical (unpaired) electrons. The Hall–Kier alpha value is -1.66. The van der Waals surface area contributed by atoms with Crippen LogP contribution in [0.2, 0.25) is 5.02 Å². The van der Waals surface area contributed by atoms with E-state index in [1.165, 1.54) is 24.3 Å². The van der Waals surface area contributed by atoms with Crippen LogP contribution in [0.25, 0.3) is 0 Å². The van der Waals surface area contributed by atoms with Crippen LogP contribution in [0.3, 0.4) is 0 Å². The zero-order valence-corrected chi connectivity index (χ0v) is 11.6. The Balaban J connectivity index is 2.78. The maximum Gasteiger partial charge on any atom is 0.321 e. The third-order valence-electron chi connectivity index (χ3n) is 2.10. The lowest BCUT2D eigenvalue weighted by molar-refractivity contribution is -0.137. The first-order valence-corrected chi connectivity index (χ1v) is 7.21. The summed E-state index contributed by atoms with van der Waals surface area (Å²) in [4.78, 5) is 22.5. The maximum atomic E-state index is 11.6. The Kier molecular flexibility index (Phi) is 5.26. The summed E-state index contributed by atoms with van der Waals surface area (Å²) in [6.07, 6.45) is 0.890. The van der Waals surface area contributed by atoms with Gasteiger partial charge in [0.2, 0.25) is 0 Å². The van der Waals surface area contributed by atoms with Crippen molar-refractivity contribution in [2.75, 3.05) is 12.9 Å². The summed E-state index contributed by atoms with van der Waals surface area (Å²) in [5.74, 6) is -2.18. The molecule has 1 aromatic rings. The minimum atomic E-state index is -3.81. The molecular formula is C12H11ClO5S. The number of ketones is 1. The number of sulfone groups is 1. The molecule has 0 N–H and O–H groups in total. The molecule has 7 heteroatoms. The highest BCUT2D eigenvalue weighted by molar-refractivity contribution is 7.94. The zero-order valence-electron chi connectivity index (χ0n) is 10.00. The predicted octanol–water partition coefficient (Wildman–Crippen LogP) is 1.62. The van der Waals surface area contributed by atoms with Crippen molar-refractivity contribution in [1.29, 1.82) is 0 Å². The second-order valence-electron chi connectivity index (χ2n) is 3.56. The van der Waals surface area contributed by atoms with Gasteiger partial charge in [-0.25, -0.2) is 8.42 Å². The van der Waals surface area contributed by atoms with E-state index in [1.807, 2.05) is 0 Å². The van der Waals surface area contributed by atoms with Gasteiger partial charge in [0.25, 0.3) is 0 Å². The lowest BCUT2D eigenvalue weighted by Gasteiger charge is -1.98. The van der Waals surface area contributed by atoms with Crippen LogP contribution < -0.4 is 0 Å². The number of hydrogen-bond acceptors (Lipinski definition) is 5. The van der Waals surface area contributed by atoms with Crippen LogP contribution >= 0.6 is 11.6 Å². The molecule has 0 aliphatic rings. The Morgan fingerprint density at radius 2 is 1.84 bits per heavy atom. The van der Waals surface area contributed by atoms with Crippen molar-refractivity contribution < 1.29 is 22.7 Å². The second-order valence-corrected chi connectivity index (χ2v) is 5.88. The fourth-order valence-corrected chi connectivity index (χ4v) is 2.15. The molecule has 0 aliphatic heterocycles. The maximum absolute atomic E-state index is 11.6. The first-order valence-electron chi connectivity index (χ1n) is 5.11. The summed E-state index contributed by atoms with van der Waals surface area (Å²) in [6.45, 7) is 0. The van der Waals surface area contributed by atoms with E-state index >= 15 is 0 Å². The summed E-state index contributed by atoms with van der Waals surface area (Å²) >= 11 is 5.66. The highest BCUT2D eigenvalue weighted by atomic mass is 35.5. The van der Waals surface area contributed by atoms with Crippen LogP contribution in [0, 0.1) is 0 Å². The van der Waals surface area contributed by atoms with Gasteiger partial charge < -0.3 is 4.74 Å². The molecule has 0 unspecified atom stereocenters. The van der Waals surface area contributed by atoms with E-state index in [9.17, 15) is 18.0 Å². The number of methoxy groups -OCH3 is 1. The summed E-state index contributed by atoms with van der Waals surface area (Å²) in [5.41, 5.74) is 0.300. The average Bonchev–Trinajstić information content (AvgIpc) is 2.36. The van der Waals surface area contributed by atoms with E-state index < -0.39 is 27.3 Å². The minimum Gasteiger partial charge on any atom is -0.468 e. The van der Waals surface area contributed by atoms with Crippen LogP contribution in [0.5, 0.6) is 0 Å². The number of carbonyl (C=O) groups is 2. The van der Waals surface area contributed by atoms with Crippen molar-refractivity contribution >= 4 is 33.2 Å². The van der Waals surface area contributed by atoms with Gasteiger partial charge in [0.05, 0.1) is 7.11 Å². The van der Waals surface area contributed by atoms with Gasteiger partial charge in [-0.1, -0.05) is 11.6 Å². The van der Waals surface area contributed by atoms with Crippen molar-refractivity contribution in [1.82, 2.24) is 0 Å². The van der Waals surface area contributed by atoms with Gasteiger partial charge in [0.1, 0.15) is 0 Å². The summed E-state index contributed by atoms with van der Waals surface area (Å²) < 4.78 is 27.1. The highest BCUT2D eigenvalue weighted by Gasteiger charge is 2.14. The molecule has 0 aliphatic carbocycles. The summed E-state index contributed by atoms with van der Waals surface area (Å²) in [6, 6.07) is 5.99. The van der Waals surface area contributed by atoms with E-state index in [0.29, 0.717) is 16.0 Å². The van der Waals surface area contributed by atoms with Gasteiger partial charge in [0, 0.05) is 16.0 Å². The van der Waals surface area contributed by atoms with Crippen LogP contribution in [-0.4, -0.2) is 33.0 Å². The monoisotopic (exact) mass is 302 g/mol. The Bertz CT molecular complexity index is 602. The van der Waals surface area contributed by atoms with Gasteiger partial charge in [-0.15, -0.1) is 0 Å². The quantitative estimate of drug-likeness (QED) is 0.469. The molecule has 0 aromatic heterocycles. The number of carbonyl (C=O) groups excluding carboxylic acids is 2. The molecule has 5 nitrogen and oxygen atoms in total. The number of ether oxygens (including phenoxy) is 1. The van der Waals surface area contributed by atoms with Crippen molar-refractivity contribution in [3.63, 3.8) is 0 Å². The van der Waals surface area contributed by atoms with E-state index in [2.05, 4.69) is 4.74 Å². The highest BCUT2D eigenvalue weighted by Crippen LogP contribution is 2.10. The third-order valence-corrected chi connectivity index (χ3v) is 3.54. The molecule has 102 valence electrons. The fourth-order valence-electron chi connectivity index (χ4n) is 1.15. The minimum absolute atomic E-state index is 0.300. The topological polar surface area (TPSA) is 77.5 Å². The van der Waals surface area contributed by atoms with E-state index in [-0.39, 0.29) is 0 Å². The number of benzene rings is 1. The lowest BCUT2D eigenvalue weighted by atomic mass is 10.1. The van der Waals surface area contributed by atoms with Crippen LogP contribution in [-0.2, 0) is 19.4 Å². The number of rotatable bonds is 5. The molecule has 0 heterocycles. The van der Waals surface area contributed by atoms with E-state index in [0.717, 1.165) is 13.2 Å². The van der Waals surface area contributed by atoms with Crippen LogP contribution in [0.1, 0.15) is 10.4 Å². The van der Waals surface area contributed by atoms with Crippen molar-refractivity contribution in [2.24, 2.45) is 0 Å². The first kappa shape index (κ1) is 15.4. The van der Waals surface area contributed by atoms with Crippen LogP contribution in [0.15, 0.2) is 35.7 Å². The number of allylic oxidation sites excluding steroid dienone is 1. The molecular weight excluding hydrogens is 292 g/mol. The largest absolute Gasteiger partial charge is 0.468 e. The van der Waals surface area contributed by atoms with Gasteiger partial charge in [-0.3, -0.25) is 9.59 Å². The number of esters is 1. The SMILES string of the molecule is COC(=O)CS(=O)(=O)C=CC(=O)c1ccc(Cl)cc1. The molecule has 1 rings (SSSR count). The molecule has 0 amide bonds. The van der Waals surface area contributed by atoms with Gasteiger partial charge in [-0.05, 0) is 30.3 Å². The molecule has 0 saturated heterocycles. The molecule has 1 aromatic carbocycles. The molecule has 0 atom stereocenters. The van der Waals surface area contributed by atoms with Gasteiger partial charge in [0.15, 0.2) is 21.4 Å². The molecule has 0 fully saturated rings. The summed E-state index contributed by atoms with van der Waals surface area (Å²) in [7, 11) is -2.72. The number of halogens is 1. The van der Waals surface area contributed by atoms with Crippen molar-refractivity contribution in [2.45, 2.75) is 0 Å². The van der Waals surface area contributed by atoms with E-state index in [4.69, 9.17) is 11.6 Å². The lowest BCUT2D eigenvalue weighted by Crippen LogP contribution is -2.15. The predicted molar refractivity (Wildman–Crippen MR) is 70.7 cm³/mol. The van der Waals surface area contributed by atoms with Crippen molar-refractivity contribution in [3.05, 3.63) is 46.3 Å². The molecule has 0 saturated carbocycles. The normalized spacial score (nSPS) is 11.5. The Morgan fingerprint density at radius 1 is 1.26 bits per heavy atom. The van der Waals surface area contributed by atoms with Gasteiger partial charge in [-0.2, -0.15) is 0 Å². The zero-order chi connectivity index (χ0) is 14.5. The first-order chi connectivity index (χ1) is 8.84. The van der Waals surface area contributed by atoms with E-state index in [1.54, 1.807) is 0 Å². The smallest absolute Gasteiger partial charge is 0.321 e. The second kappa shape index (κ2) is 6.49. The summed E-state index contributed by atoms with van der Waals surface area (Å²) in [5, 5.41) is 1.17. The molecule has 0 bridgehead atoms. The number of hydrogen-bond donors (Lipinski definition) is 0. The Labute approximate surface area is 115 Å². The molecule has 0 spiro atoms. The Morgan fingerprint density at radius 3 is 2.37 bits per heavy atom.